The maximum Gasteiger partial charge on any atom is 0.133 e. The van der Waals surface area contributed by atoms with E-state index in [9.17, 15) is 21.0 Å². The van der Waals surface area contributed by atoms with Crippen molar-refractivity contribution in [1.29, 1.82) is 21.0 Å². The molecule has 0 aliphatic heterocycles. The molecule has 0 saturated carbocycles. The third kappa shape index (κ3) is 8.37. The molecule has 8 aromatic rings. The minimum absolute atomic E-state index is 0.0352. The van der Waals surface area contributed by atoms with E-state index in [1.165, 1.54) is 0 Å². The first kappa shape index (κ1) is 39.2. The molecule has 0 aliphatic rings. The van der Waals surface area contributed by atoms with Gasteiger partial charge >= 0.3 is 0 Å². The lowest BCUT2D eigenvalue weighted by atomic mass is 9.88. The smallest absolute Gasteiger partial charge is 0.133 e. The highest BCUT2D eigenvalue weighted by atomic mass is 32.1. The SMILES string of the molecule is N#CC(C#N)=C(Cc1ccc(N(c2ccccc2)c2ccccc2)cc1)c1ccc(C(Cc2ccc(N(c3ccccc3)c3ccccc3)cc2)=C(C#N)C#N)c2nsnc12. The molecule has 1 aromatic heterocycles. The molecule has 0 aliphatic carbocycles. The van der Waals surface area contributed by atoms with Crippen LogP contribution in [0.3, 0.4) is 0 Å². The fourth-order valence-corrected chi connectivity index (χ4v) is 8.02. The first-order valence-corrected chi connectivity index (χ1v) is 20.1. The van der Waals surface area contributed by atoms with Crippen molar-refractivity contribution in [2.24, 2.45) is 0 Å². The van der Waals surface area contributed by atoms with Crippen LogP contribution in [-0.2, 0) is 12.8 Å². The van der Waals surface area contributed by atoms with Crippen LogP contribution in [0.4, 0.5) is 34.1 Å². The van der Waals surface area contributed by atoms with E-state index in [0.717, 1.165) is 57.0 Å². The summed E-state index contributed by atoms with van der Waals surface area (Å²) in [4.78, 5) is 4.33. The Hall–Kier alpha value is -8.60. The molecule has 0 saturated heterocycles. The predicted molar refractivity (Wildman–Crippen MR) is 243 cm³/mol. The lowest BCUT2D eigenvalue weighted by molar-refractivity contribution is 1.23. The van der Waals surface area contributed by atoms with Gasteiger partial charge in [0.2, 0.25) is 0 Å². The summed E-state index contributed by atoms with van der Waals surface area (Å²) >= 11 is 0.997. The van der Waals surface area contributed by atoms with E-state index in [1.54, 1.807) is 0 Å². The zero-order chi connectivity index (χ0) is 42.0. The molecule has 0 atom stereocenters. The van der Waals surface area contributed by atoms with Crippen molar-refractivity contribution in [1.82, 2.24) is 8.75 Å². The Morgan fingerprint density at radius 1 is 0.377 bits per heavy atom. The van der Waals surface area contributed by atoms with Gasteiger partial charge in [0.15, 0.2) is 0 Å². The monoisotopic (exact) mass is 802 g/mol. The Bertz CT molecular complexity index is 2720. The Balaban J connectivity index is 1.13. The van der Waals surface area contributed by atoms with Gasteiger partial charge in [0.05, 0.1) is 11.7 Å². The number of nitrogens with zero attached hydrogens (tertiary/aromatic N) is 8. The second-order valence-electron chi connectivity index (χ2n) is 14.0. The molecule has 0 radical (unpaired) electrons. The third-order valence-electron chi connectivity index (χ3n) is 10.3. The maximum absolute atomic E-state index is 10.2. The van der Waals surface area contributed by atoms with Crippen LogP contribution in [0.2, 0.25) is 0 Å². The van der Waals surface area contributed by atoms with E-state index in [1.807, 2.05) is 133 Å². The Kier molecular flexibility index (Phi) is 11.8. The van der Waals surface area contributed by atoms with Gasteiger partial charge < -0.3 is 9.80 Å². The summed E-state index contributed by atoms with van der Waals surface area (Å²) < 4.78 is 9.33. The highest BCUT2D eigenvalue weighted by molar-refractivity contribution is 7.00. The number of benzene rings is 7. The third-order valence-corrected chi connectivity index (χ3v) is 10.9. The molecule has 9 heteroatoms. The average molecular weight is 803 g/mol. The normalized spacial score (nSPS) is 10.4. The van der Waals surface area contributed by atoms with Gasteiger partial charge in [-0.2, -0.15) is 29.8 Å². The average Bonchev–Trinajstić information content (AvgIpc) is 3.82. The van der Waals surface area contributed by atoms with Gasteiger partial charge in [0, 0.05) is 58.1 Å². The van der Waals surface area contributed by atoms with Gasteiger partial charge in [0.25, 0.3) is 0 Å². The molecule has 61 heavy (non-hydrogen) atoms. The number of para-hydroxylation sites is 4. The van der Waals surface area contributed by atoms with Crippen LogP contribution < -0.4 is 9.80 Å². The molecule has 1 heterocycles. The van der Waals surface area contributed by atoms with Gasteiger partial charge in [-0.15, -0.1) is 0 Å². The van der Waals surface area contributed by atoms with Crippen LogP contribution in [0.1, 0.15) is 22.3 Å². The van der Waals surface area contributed by atoms with Crippen LogP contribution >= 0.6 is 11.7 Å². The predicted octanol–water partition coefficient (Wildman–Crippen LogP) is 12.7. The van der Waals surface area contributed by atoms with Crippen molar-refractivity contribution in [2.45, 2.75) is 12.8 Å². The highest BCUT2D eigenvalue weighted by Gasteiger charge is 2.22. The number of hydrogen-bond donors (Lipinski definition) is 0. The minimum atomic E-state index is -0.0352. The first-order valence-electron chi connectivity index (χ1n) is 19.4. The molecule has 288 valence electrons. The molecule has 7 aromatic carbocycles. The van der Waals surface area contributed by atoms with Gasteiger partial charge in [0.1, 0.15) is 46.5 Å². The lowest BCUT2D eigenvalue weighted by Gasteiger charge is -2.25. The van der Waals surface area contributed by atoms with Crippen molar-refractivity contribution in [3.8, 4) is 24.3 Å². The number of rotatable bonds is 12. The van der Waals surface area contributed by atoms with Crippen LogP contribution in [0.5, 0.6) is 0 Å². The lowest BCUT2D eigenvalue weighted by Crippen LogP contribution is -2.09. The summed E-state index contributed by atoms with van der Waals surface area (Å²) in [6, 6.07) is 68.7. The molecule has 0 fully saturated rings. The van der Waals surface area contributed by atoms with Gasteiger partial charge in [-0.05, 0) is 95.1 Å². The standard InChI is InChI=1S/C52H34N8S/c53-33-39(34-54)49(31-37-21-25-45(26-22-37)59(41-13-5-1-6-14-41)42-15-7-2-8-16-42)47-29-30-48(52-51(47)57-61-58-52)50(40(35-55)36-56)32-38-23-27-46(28-24-38)60(43-17-9-3-10-18-43)44-19-11-4-12-20-44/h1-30H,31-32H2. The fraction of sp³-hybridized carbons (Fsp3) is 0.0385. The molecule has 8 nitrogen and oxygen atoms in total. The van der Waals surface area contributed by atoms with Gasteiger partial charge in [-0.1, -0.05) is 109 Å². The summed E-state index contributed by atoms with van der Waals surface area (Å²) in [5, 5.41) is 40.8. The number of aromatic nitrogens is 2. The molecule has 0 N–H and O–H groups in total. The van der Waals surface area contributed by atoms with Crippen molar-refractivity contribution in [3.63, 3.8) is 0 Å². The minimum Gasteiger partial charge on any atom is -0.311 e. The maximum atomic E-state index is 10.2. The molecule has 8 rings (SSSR count). The van der Waals surface area contributed by atoms with E-state index < -0.39 is 0 Å². The number of allylic oxidation sites excluding steroid dienone is 4. The first-order chi connectivity index (χ1) is 30.1. The largest absolute Gasteiger partial charge is 0.311 e. The second-order valence-corrected chi connectivity index (χ2v) is 14.5. The summed E-state index contributed by atoms with van der Waals surface area (Å²) in [6.07, 6.45) is 0.554. The number of anilines is 6. The Morgan fingerprint density at radius 3 is 0.934 bits per heavy atom. The molecular weight excluding hydrogens is 769 g/mol. The van der Waals surface area contributed by atoms with Gasteiger partial charge in [-0.3, -0.25) is 0 Å². The highest BCUT2D eigenvalue weighted by Crippen LogP contribution is 2.39. The van der Waals surface area contributed by atoms with Crippen molar-refractivity contribution in [3.05, 3.63) is 215 Å². The van der Waals surface area contributed by atoms with E-state index in [2.05, 4.69) is 91.4 Å². The van der Waals surface area contributed by atoms with Crippen LogP contribution in [0.15, 0.2) is 193 Å². The van der Waals surface area contributed by atoms with Gasteiger partial charge in [-0.25, -0.2) is 0 Å². The van der Waals surface area contributed by atoms with Crippen molar-refractivity contribution in [2.75, 3.05) is 9.80 Å². The molecule has 0 bridgehead atoms. The van der Waals surface area contributed by atoms with E-state index in [-0.39, 0.29) is 24.0 Å². The van der Waals surface area contributed by atoms with Crippen LogP contribution in [0, 0.1) is 45.3 Å². The Labute approximate surface area is 358 Å². The van der Waals surface area contributed by atoms with E-state index >= 15 is 0 Å². The second kappa shape index (κ2) is 18.3. The topological polar surface area (TPSA) is 127 Å². The molecule has 0 amide bonds. The summed E-state index contributed by atoms with van der Waals surface area (Å²) in [5.74, 6) is 0. The summed E-state index contributed by atoms with van der Waals surface area (Å²) in [6.45, 7) is 0. The molecular formula is C52H34N8S. The summed E-state index contributed by atoms with van der Waals surface area (Å²) in [7, 11) is 0. The van der Waals surface area contributed by atoms with E-state index in [0.29, 0.717) is 33.3 Å². The van der Waals surface area contributed by atoms with Crippen LogP contribution in [-0.4, -0.2) is 8.75 Å². The molecule has 0 unspecified atom stereocenters. The van der Waals surface area contributed by atoms with Crippen molar-refractivity contribution < 1.29 is 0 Å². The van der Waals surface area contributed by atoms with Crippen LogP contribution in [0.25, 0.3) is 22.2 Å². The summed E-state index contributed by atoms with van der Waals surface area (Å²) in [5.41, 5.74) is 10.8. The molecule has 0 spiro atoms. The quantitative estimate of drug-likeness (QED) is 0.112. The zero-order valence-electron chi connectivity index (χ0n) is 32.7. The van der Waals surface area contributed by atoms with Crippen molar-refractivity contribution >= 4 is 68.0 Å². The fourth-order valence-electron chi connectivity index (χ4n) is 7.45. The Morgan fingerprint density at radius 2 is 0.656 bits per heavy atom. The van der Waals surface area contributed by atoms with E-state index in [4.69, 9.17) is 0 Å². The zero-order valence-corrected chi connectivity index (χ0v) is 33.5. The number of hydrogen-bond acceptors (Lipinski definition) is 9. The number of nitriles is 4. The number of fused-ring (bicyclic) bond motifs is 1.